The summed E-state index contributed by atoms with van der Waals surface area (Å²) in [6.45, 7) is 5.19. The SMILES string of the molecule is COc1ccc(NC(=O)c2ccc3nc(C)c(C)nc3c2)cc1NC(C)=O. The van der Waals surface area contributed by atoms with Crippen molar-refractivity contribution in [3.05, 3.63) is 53.3 Å². The van der Waals surface area contributed by atoms with Crippen LogP contribution in [-0.2, 0) is 4.79 Å². The number of fused-ring (bicyclic) bond motifs is 1. The van der Waals surface area contributed by atoms with Crippen molar-refractivity contribution in [2.24, 2.45) is 0 Å². The summed E-state index contributed by atoms with van der Waals surface area (Å²) in [7, 11) is 1.51. The molecule has 0 aliphatic heterocycles. The number of amides is 2. The minimum atomic E-state index is -0.282. The maximum absolute atomic E-state index is 12.6. The van der Waals surface area contributed by atoms with E-state index in [1.54, 1.807) is 36.4 Å². The van der Waals surface area contributed by atoms with Crippen LogP contribution in [0.2, 0.25) is 0 Å². The molecule has 27 heavy (non-hydrogen) atoms. The molecule has 0 unspecified atom stereocenters. The van der Waals surface area contributed by atoms with Crippen LogP contribution in [0.4, 0.5) is 11.4 Å². The molecule has 7 nitrogen and oxygen atoms in total. The molecule has 1 aromatic heterocycles. The first-order valence-corrected chi connectivity index (χ1v) is 8.39. The molecule has 0 aliphatic carbocycles. The number of nitrogens with zero attached hydrogens (tertiary/aromatic N) is 2. The van der Waals surface area contributed by atoms with Crippen LogP contribution in [0.5, 0.6) is 5.75 Å². The standard InChI is InChI=1S/C20H20N4O3/c1-11-12(2)22-17-9-14(5-7-16(17)21-11)20(26)24-15-6-8-19(27-4)18(10-15)23-13(3)25/h5-10H,1-4H3,(H,23,25)(H,24,26). The fourth-order valence-corrected chi connectivity index (χ4v) is 2.65. The summed E-state index contributed by atoms with van der Waals surface area (Å²) < 4.78 is 5.22. The number of carbonyl (C=O) groups is 2. The van der Waals surface area contributed by atoms with Gasteiger partial charge in [0.1, 0.15) is 5.75 Å². The molecule has 138 valence electrons. The van der Waals surface area contributed by atoms with Crippen molar-refractivity contribution in [3.63, 3.8) is 0 Å². The Hall–Kier alpha value is -3.48. The number of anilines is 2. The Balaban J connectivity index is 1.87. The average Bonchev–Trinajstić information content (AvgIpc) is 2.62. The summed E-state index contributed by atoms with van der Waals surface area (Å²) >= 11 is 0. The summed E-state index contributed by atoms with van der Waals surface area (Å²) in [5.41, 5.74) is 4.59. The number of hydrogen-bond donors (Lipinski definition) is 2. The number of rotatable bonds is 4. The summed E-state index contributed by atoms with van der Waals surface area (Å²) in [5.74, 6) is 0.00133. The first-order chi connectivity index (χ1) is 12.9. The number of methoxy groups -OCH3 is 1. The van der Waals surface area contributed by atoms with Gasteiger partial charge in [0, 0.05) is 18.2 Å². The predicted octanol–water partition coefficient (Wildman–Crippen LogP) is 3.47. The van der Waals surface area contributed by atoms with Gasteiger partial charge in [-0.3, -0.25) is 9.59 Å². The highest BCUT2D eigenvalue weighted by molar-refractivity contribution is 6.06. The predicted molar refractivity (Wildman–Crippen MR) is 104 cm³/mol. The Kier molecular flexibility index (Phi) is 5.03. The molecule has 2 aromatic carbocycles. The highest BCUT2D eigenvalue weighted by Gasteiger charge is 2.11. The topological polar surface area (TPSA) is 93.2 Å². The summed E-state index contributed by atoms with van der Waals surface area (Å²) in [6, 6.07) is 10.2. The molecule has 0 bridgehead atoms. The molecule has 2 N–H and O–H groups in total. The Bertz CT molecular complexity index is 1050. The second-order valence-electron chi connectivity index (χ2n) is 6.15. The largest absolute Gasteiger partial charge is 0.495 e. The van der Waals surface area contributed by atoms with Gasteiger partial charge in [0.25, 0.3) is 5.91 Å². The van der Waals surface area contributed by atoms with Gasteiger partial charge >= 0.3 is 0 Å². The van der Waals surface area contributed by atoms with E-state index in [2.05, 4.69) is 20.6 Å². The van der Waals surface area contributed by atoms with Crippen molar-refractivity contribution < 1.29 is 14.3 Å². The van der Waals surface area contributed by atoms with Gasteiger partial charge in [-0.1, -0.05) is 0 Å². The van der Waals surface area contributed by atoms with E-state index in [0.29, 0.717) is 28.2 Å². The molecule has 0 atom stereocenters. The highest BCUT2D eigenvalue weighted by atomic mass is 16.5. The zero-order valence-electron chi connectivity index (χ0n) is 15.6. The van der Waals surface area contributed by atoms with E-state index in [1.807, 2.05) is 13.8 Å². The summed E-state index contributed by atoms with van der Waals surface area (Å²) in [6.07, 6.45) is 0. The van der Waals surface area contributed by atoms with Gasteiger partial charge in [-0.15, -0.1) is 0 Å². The first-order valence-electron chi connectivity index (χ1n) is 8.39. The van der Waals surface area contributed by atoms with Gasteiger partial charge < -0.3 is 15.4 Å². The van der Waals surface area contributed by atoms with Crippen LogP contribution in [0.1, 0.15) is 28.7 Å². The van der Waals surface area contributed by atoms with E-state index >= 15 is 0 Å². The molecular weight excluding hydrogens is 344 g/mol. The number of carbonyl (C=O) groups excluding carboxylic acids is 2. The van der Waals surface area contributed by atoms with E-state index in [-0.39, 0.29) is 11.8 Å². The fourth-order valence-electron chi connectivity index (χ4n) is 2.65. The number of aromatic nitrogens is 2. The third kappa shape index (κ3) is 4.03. The lowest BCUT2D eigenvalue weighted by atomic mass is 10.1. The van der Waals surface area contributed by atoms with Crippen LogP contribution >= 0.6 is 0 Å². The maximum atomic E-state index is 12.6. The normalized spacial score (nSPS) is 10.5. The number of aryl methyl sites for hydroxylation is 2. The van der Waals surface area contributed by atoms with Crippen LogP contribution in [0.25, 0.3) is 11.0 Å². The molecule has 2 amide bonds. The third-order valence-electron chi connectivity index (χ3n) is 4.11. The lowest BCUT2D eigenvalue weighted by Gasteiger charge is -2.12. The van der Waals surface area contributed by atoms with Crippen LogP contribution in [0, 0.1) is 13.8 Å². The molecular formula is C20H20N4O3. The quantitative estimate of drug-likeness (QED) is 0.739. The molecule has 0 fully saturated rings. The molecule has 0 saturated carbocycles. The van der Waals surface area contributed by atoms with Crippen molar-refractivity contribution in [2.45, 2.75) is 20.8 Å². The molecule has 0 spiro atoms. The van der Waals surface area contributed by atoms with Gasteiger partial charge in [-0.05, 0) is 50.2 Å². The Morgan fingerprint density at radius 1 is 0.926 bits per heavy atom. The zero-order chi connectivity index (χ0) is 19.6. The Morgan fingerprint density at radius 3 is 2.30 bits per heavy atom. The van der Waals surface area contributed by atoms with E-state index in [1.165, 1.54) is 14.0 Å². The summed E-state index contributed by atoms with van der Waals surface area (Å²) in [5, 5.41) is 5.50. The first kappa shape index (κ1) is 18.3. The molecule has 0 saturated heterocycles. The monoisotopic (exact) mass is 364 g/mol. The van der Waals surface area contributed by atoms with Gasteiger partial charge in [0.2, 0.25) is 5.91 Å². The number of hydrogen-bond acceptors (Lipinski definition) is 5. The van der Waals surface area contributed by atoms with Gasteiger partial charge in [0.05, 0.1) is 35.2 Å². The molecule has 1 heterocycles. The smallest absolute Gasteiger partial charge is 0.255 e. The highest BCUT2D eigenvalue weighted by Crippen LogP contribution is 2.28. The zero-order valence-corrected chi connectivity index (χ0v) is 15.6. The van der Waals surface area contributed by atoms with Gasteiger partial charge in [-0.25, -0.2) is 9.97 Å². The Labute approximate surface area is 156 Å². The van der Waals surface area contributed by atoms with E-state index in [9.17, 15) is 9.59 Å². The fraction of sp³-hybridized carbons (Fsp3) is 0.200. The van der Waals surface area contributed by atoms with Crippen molar-refractivity contribution in [2.75, 3.05) is 17.7 Å². The van der Waals surface area contributed by atoms with Crippen LogP contribution < -0.4 is 15.4 Å². The molecule has 3 aromatic rings. The van der Waals surface area contributed by atoms with Crippen molar-refractivity contribution in [1.29, 1.82) is 0 Å². The average molecular weight is 364 g/mol. The number of nitrogens with one attached hydrogen (secondary N) is 2. The maximum Gasteiger partial charge on any atom is 0.255 e. The van der Waals surface area contributed by atoms with Gasteiger partial charge in [0.15, 0.2) is 0 Å². The van der Waals surface area contributed by atoms with Crippen LogP contribution in [0.3, 0.4) is 0 Å². The van der Waals surface area contributed by atoms with Crippen molar-refractivity contribution in [3.8, 4) is 5.75 Å². The van der Waals surface area contributed by atoms with Crippen molar-refractivity contribution >= 4 is 34.2 Å². The second-order valence-corrected chi connectivity index (χ2v) is 6.15. The molecule has 7 heteroatoms. The van der Waals surface area contributed by atoms with Crippen LogP contribution in [-0.4, -0.2) is 28.9 Å². The molecule has 0 radical (unpaired) electrons. The Morgan fingerprint density at radius 2 is 1.63 bits per heavy atom. The third-order valence-corrected chi connectivity index (χ3v) is 4.11. The van der Waals surface area contributed by atoms with Gasteiger partial charge in [-0.2, -0.15) is 0 Å². The summed E-state index contributed by atoms with van der Waals surface area (Å²) in [4.78, 5) is 32.9. The van der Waals surface area contributed by atoms with Crippen molar-refractivity contribution in [1.82, 2.24) is 9.97 Å². The lowest BCUT2D eigenvalue weighted by molar-refractivity contribution is -0.114. The minimum Gasteiger partial charge on any atom is -0.495 e. The lowest BCUT2D eigenvalue weighted by Crippen LogP contribution is -2.13. The molecule has 3 rings (SSSR count). The second kappa shape index (κ2) is 7.41. The molecule has 0 aliphatic rings. The van der Waals surface area contributed by atoms with E-state index in [0.717, 1.165) is 16.9 Å². The number of ether oxygens (including phenoxy) is 1. The van der Waals surface area contributed by atoms with E-state index in [4.69, 9.17) is 4.74 Å². The van der Waals surface area contributed by atoms with E-state index < -0.39 is 0 Å². The van der Waals surface area contributed by atoms with Crippen LogP contribution in [0.15, 0.2) is 36.4 Å². The number of benzene rings is 2. The minimum absolute atomic E-state index is 0.226.